The minimum Gasteiger partial charge on any atom is -0.493 e. The van der Waals surface area contributed by atoms with Gasteiger partial charge in [-0.25, -0.2) is 0 Å². The first-order valence-electron chi connectivity index (χ1n) is 6.39. The molecule has 0 atom stereocenters. The molecule has 0 aliphatic rings. The van der Waals surface area contributed by atoms with Crippen molar-refractivity contribution < 1.29 is 4.74 Å². The largest absolute Gasteiger partial charge is 0.493 e. The molecule has 0 spiro atoms. The number of aryl methyl sites for hydroxylation is 1. The summed E-state index contributed by atoms with van der Waals surface area (Å²) >= 11 is 0. The molecular formula is C14H25N3O. The summed E-state index contributed by atoms with van der Waals surface area (Å²) in [7, 11) is 1.68. The van der Waals surface area contributed by atoms with Crippen LogP contribution < -0.4 is 15.4 Å². The van der Waals surface area contributed by atoms with Crippen molar-refractivity contribution in [3.05, 3.63) is 18.0 Å². The highest BCUT2D eigenvalue weighted by Crippen LogP contribution is 2.30. The van der Waals surface area contributed by atoms with Gasteiger partial charge in [-0.2, -0.15) is 0 Å². The maximum absolute atomic E-state index is 5.82. The molecule has 0 aromatic carbocycles. The molecule has 1 aromatic rings. The third-order valence-corrected chi connectivity index (χ3v) is 3.10. The number of nitrogens with zero attached hydrogens (tertiary/aromatic N) is 2. The van der Waals surface area contributed by atoms with Crippen LogP contribution in [0.1, 0.15) is 26.5 Å². The van der Waals surface area contributed by atoms with E-state index in [0.29, 0.717) is 6.54 Å². The monoisotopic (exact) mass is 251 g/mol. The van der Waals surface area contributed by atoms with Crippen molar-refractivity contribution in [3.63, 3.8) is 0 Å². The molecule has 1 rings (SSSR count). The first-order chi connectivity index (χ1) is 8.43. The Balaban J connectivity index is 3.04. The van der Waals surface area contributed by atoms with E-state index in [1.807, 2.05) is 6.92 Å². The lowest BCUT2D eigenvalue weighted by atomic mass is 9.93. The quantitative estimate of drug-likeness (QED) is 0.842. The molecule has 0 saturated heterocycles. The fourth-order valence-electron chi connectivity index (χ4n) is 1.89. The van der Waals surface area contributed by atoms with Gasteiger partial charge in [0.2, 0.25) is 0 Å². The van der Waals surface area contributed by atoms with E-state index in [1.165, 1.54) is 0 Å². The van der Waals surface area contributed by atoms with Crippen LogP contribution in [0, 0.1) is 12.3 Å². The fourth-order valence-corrected chi connectivity index (χ4v) is 1.89. The molecule has 1 heterocycles. The van der Waals surface area contributed by atoms with Gasteiger partial charge in [0.15, 0.2) is 5.75 Å². The second-order valence-corrected chi connectivity index (χ2v) is 5.38. The zero-order valence-corrected chi connectivity index (χ0v) is 12.2. The Morgan fingerprint density at radius 2 is 2.11 bits per heavy atom. The van der Waals surface area contributed by atoms with Gasteiger partial charge in [0, 0.05) is 18.8 Å². The number of nitrogens with two attached hydrogens (primary N) is 1. The SMILES string of the molecule is CCN(CC(C)(C)CN)c1cc(C)ncc1OC. The van der Waals surface area contributed by atoms with Gasteiger partial charge in [-0.05, 0) is 31.9 Å². The summed E-state index contributed by atoms with van der Waals surface area (Å²) in [5, 5.41) is 0. The lowest BCUT2D eigenvalue weighted by Crippen LogP contribution is -2.39. The van der Waals surface area contributed by atoms with Crippen molar-refractivity contribution in [3.8, 4) is 5.75 Å². The van der Waals surface area contributed by atoms with E-state index in [4.69, 9.17) is 10.5 Å². The third-order valence-electron chi connectivity index (χ3n) is 3.10. The van der Waals surface area contributed by atoms with E-state index in [2.05, 4.69) is 36.7 Å². The number of rotatable bonds is 6. The van der Waals surface area contributed by atoms with Crippen LogP contribution in [0.4, 0.5) is 5.69 Å². The van der Waals surface area contributed by atoms with Gasteiger partial charge in [-0.3, -0.25) is 4.98 Å². The normalized spacial score (nSPS) is 11.4. The average Bonchev–Trinajstić information content (AvgIpc) is 2.36. The van der Waals surface area contributed by atoms with Gasteiger partial charge in [-0.15, -0.1) is 0 Å². The third kappa shape index (κ3) is 3.60. The van der Waals surface area contributed by atoms with Gasteiger partial charge in [0.05, 0.1) is 19.0 Å². The van der Waals surface area contributed by atoms with Gasteiger partial charge in [0.25, 0.3) is 0 Å². The molecule has 18 heavy (non-hydrogen) atoms. The highest BCUT2D eigenvalue weighted by Gasteiger charge is 2.21. The maximum Gasteiger partial charge on any atom is 0.160 e. The van der Waals surface area contributed by atoms with Crippen LogP contribution in [-0.4, -0.2) is 31.7 Å². The Bertz CT molecular complexity index is 391. The van der Waals surface area contributed by atoms with E-state index >= 15 is 0 Å². The Hall–Kier alpha value is -1.29. The fraction of sp³-hybridized carbons (Fsp3) is 0.643. The summed E-state index contributed by atoms with van der Waals surface area (Å²) in [6.45, 7) is 11.0. The van der Waals surface area contributed by atoms with Crippen LogP contribution in [0.25, 0.3) is 0 Å². The van der Waals surface area contributed by atoms with Crippen LogP contribution >= 0.6 is 0 Å². The Labute approximate surface area is 110 Å². The molecule has 1 aromatic heterocycles. The number of hydrogen-bond donors (Lipinski definition) is 1. The number of hydrogen-bond acceptors (Lipinski definition) is 4. The highest BCUT2D eigenvalue weighted by atomic mass is 16.5. The van der Waals surface area contributed by atoms with Crippen molar-refractivity contribution in [1.82, 2.24) is 4.98 Å². The summed E-state index contributed by atoms with van der Waals surface area (Å²) < 4.78 is 5.40. The predicted molar refractivity (Wildman–Crippen MR) is 76.2 cm³/mol. The number of methoxy groups -OCH3 is 1. The molecule has 0 amide bonds. The predicted octanol–water partition coefficient (Wildman–Crippen LogP) is 2.21. The first kappa shape index (κ1) is 14.8. The van der Waals surface area contributed by atoms with Crippen molar-refractivity contribution in [2.24, 2.45) is 11.1 Å². The van der Waals surface area contributed by atoms with Crippen LogP contribution in [0.3, 0.4) is 0 Å². The molecule has 4 heteroatoms. The summed E-state index contributed by atoms with van der Waals surface area (Å²) in [5.74, 6) is 0.815. The lowest BCUT2D eigenvalue weighted by Gasteiger charge is -2.33. The number of ether oxygens (including phenoxy) is 1. The van der Waals surface area contributed by atoms with Gasteiger partial charge >= 0.3 is 0 Å². The highest BCUT2D eigenvalue weighted by molar-refractivity contribution is 5.58. The van der Waals surface area contributed by atoms with Crippen LogP contribution in [0.5, 0.6) is 5.75 Å². The van der Waals surface area contributed by atoms with Crippen molar-refractivity contribution in [1.29, 1.82) is 0 Å². The van der Waals surface area contributed by atoms with Gasteiger partial charge in [-0.1, -0.05) is 13.8 Å². The standard InChI is InChI=1S/C14H25N3O/c1-6-17(10-14(3,4)9-15)12-7-11(2)16-8-13(12)18-5/h7-8H,6,9-10,15H2,1-5H3. The van der Waals surface area contributed by atoms with Gasteiger partial charge < -0.3 is 15.4 Å². The van der Waals surface area contributed by atoms with E-state index in [9.17, 15) is 0 Å². The molecule has 0 aliphatic heterocycles. The summed E-state index contributed by atoms with van der Waals surface area (Å²) in [6, 6.07) is 2.06. The Morgan fingerprint density at radius 3 is 2.61 bits per heavy atom. The smallest absolute Gasteiger partial charge is 0.160 e. The topological polar surface area (TPSA) is 51.4 Å². The molecule has 102 valence electrons. The van der Waals surface area contributed by atoms with E-state index in [0.717, 1.165) is 30.2 Å². The molecular weight excluding hydrogens is 226 g/mol. The lowest BCUT2D eigenvalue weighted by molar-refractivity contribution is 0.373. The second-order valence-electron chi connectivity index (χ2n) is 5.38. The maximum atomic E-state index is 5.82. The minimum atomic E-state index is 0.0815. The number of pyridine rings is 1. The summed E-state index contributed by atoms with van der Waals surface area (Å²) in [4.78, 5) is 6.56. The Kier molecular flexibility index (Phi) is 4.96. The van der Waals surface area contributed by atoms with Crippen molar-refractivity contribution in [2.75, 3.05) is 31.6 Å². The molecule has 0 aliphatic carbocycles. The molecule has 2 N–H and O–H groups in total. The van der Waals surface area contributed by atoms with E-state index in [1.54, 1.807) is 13.3 Å². The minimum absolute atomic E-state index is 0.0815. The summed E-state index contributed by atoms with van der Waals surface area (Å²) in [6.07, 6.45) is 1.78. The molecule has 4 nitrogen and oxygen atoms in total. The zero-order chi connectivity index (χ0) is 13.8. The molecule has 0 fully saturated rings. The van der Waals surface area contributed by atoms with Crippen LogP contribution in [-0.2, 0) is 0 Å². The van der Waals surface area contributed by atoms with E-state index in [-0.39, 0.29) is 5.41 Å². The summed E-state index contributed by atoms with van der Waals surface area (Å²) in [5.41, 5.74) is 7.99. The molecule has 0 bridgehead atoms. The molecule has 0 saturated carbocycles. The zero-order valence-electron chi connectivity index (χ0n) is 12.2. The van der Waals surface area contributed by atoms with Crippen molar-refractivity contribution in [2.45, 2.75) is 27.7 Å². The number of aromatic nitrogens is 1. The van der Waals surface area contributed by atoms with Crippen LogP contribution in [0.15, 0.2) is 12.3 Å². The Morgan fingerprint density at radius 1 is 1.44 bits per heavy atom. The molecule has 0 unspecified atom stereocenters. The second kappa shape index (κ2) is 6.05. The van der Waals surface area contributed by atoms with Crippen molar-refractivity contribution >= 4 is 5.69 Å². The number of anilines is 1. The first-order valence-corrected chi connectivity index (χ1v) is 6.39. The van der Waals surface area contributed by atoms with E-state index < -0.39 is 0 Å². The van der Waals surface area contributed by atoms with Crippen LogP contribution in [0.2, 0.25) is 0 Å². The average molecular weight is 251 g/mol. The molecule has 0 radical (unpaired) electrons. The van der Waals surface area contributed by atoms with Gasteiger partial charge in [0.1, 0.15) is 0 Å².